The summed E-state index contributed by atoms with van der Waals surface area (Å²) >= 11 is 0. The fourth-order valence-electron chi connectivity index (χ4n) is 2.20. The molecule has 1 unspecified atom stereocenters. The molecule has 0 aliphatic carbocycles. The van der Waals surface area contributed by atoms with Gasteiger partial charge in [-0.1, -0.05) is 43.7 Å². The number of hydrogen-bond acceptors (Lipinski definition) is 2. The number of rotatable bonds is 9. The SMILES string of the molecule is CCC(CCN)CCC(=O)NCCc1ccccc1. The highest BCUT2D eigenvalue weighted by Crippen LogP contribution is 2.14. The predicted octanol–water partition coefficient (Wildman–Crippen LogP) is 2.50. The first-order valence-corrected chi connectivity index (χ1v) is 7.27. The molecule has 0 saturated heterocycles. The Bertz CT molecular complexity index is 351. The quantitative estimate of drug-likeness (QED) is 0.718. The van der Waals surface area contributed by atoms with E-state index < -0.39 is 0 Å². The lowest BCUT2D eigenvalue weighted by molar-refractivity contribution is -0.121. The van der Waals surface area contributed by atoms with Crippen LogP contribution in [0.25, 0.3) is 0 Å². The van der Waals surface area contributed by atoms with E-state index in [2.05, 4.69) is 24.4 Å². The molecule has 0 aliphatic rings. The molecule has 0 radical (unpaired) electrons. The minimum Gasteiger partial charge on any atom is -0.356 e. The number of nitrogens with two attached hydrogens (primary N) is 1. The Morgan fingerprint density at radius 2 is 2.00 bits per heavy atom. The summed E-state index contributed by atoms with van der Waals surface area (Å²) in [7, 11) is 0. The molecule has 0 heterocycles. The molecule has 3 heteroatoms. The maximum absolute atomic E-state index is 11.7. The molecule has 0 bridgehead atoms. The third-order valence-electron chi connectivity index (χ3n) is 3.51. The molecule has 3 N–H and O–H groups in total. The number of carbonyl (C=O) groups is 1. The Morgan fingerprint density at radius 1 is 1.26 bits per heavy atom. The molecule has 1 atom stereocenters. The van der Waals surface area contributed by atoms with E-state index >= 15 is 0 Å². The van der Waals surface area contributed by atoms with E-state index in [4.69, 9.17) is 5.73 Å². The van der Waals surface area contributed by atoms with Crippen LogP contribution in [0.2, 0.25) is 0 Å². The summed E-state index contributed by atoms with van der Waals surface area (Å²) in [6.45, 7) is 3.60. The Labute approximate surface area is 116 Å². The highest BCUT2D eigenvalue weighted by Gasteiger charge is 2.08. The van der Waals surface area contributed by atoms with Crippen LogP contribution in [0, 0.1) is 5.92 Å². The topological polar surface area (TPSA) is 55.1 Å². The second-order valence-corrected chi connectivity index (χ2v) is 4.98. The zero-order chi connectivity index (χ0) is 13.9. The standard InChI is InChI=1S/C16H26N2O/c1-2-14(10-12-17)8-9-16(19)18-13-11-15-6-4-3-5-7-15/h3-7,14H,2,8-13,17H2,1H3,(H,18,19). The minimum absolute atomic E-state index is 0.159. The smallest absolute Gasteiger partial charge is 0.220 e. The van der Waals surface area contributed by atoms with Crippen LogP contribution in [0.3, 0.4) is 0 Å². The zero-order valence-corrected chi connectivity index (χ0v) is 11.9. The molecular weight excluding hydrogens is 236 g/mol. The molecule has 106 valence electrons. The highest BCUT2D eigenvalue weighted by atomic mass is 16.1. The van der Waals surface area contributed by atoms with E-state index in [-0.39, 0.29) is 5.91 Å². The fraction of sp³-hybridized carbons (Fsp3) is 0.562. The van der Waals surface area contributed by atoms with Crippen LogP contribution >= 0.6 is 0 Å². The molecule has 0 aliphatic heterocycles. The van der Waals surface area contributed by atoms with Gasteiger partial charge in [0.25, 0.3) is 0 Å². The first-order valence-electron chi connectivity index (χ1n) is 7.27. The van der Waals surface area contributed by atoms with E-state index in [1.807, 2.05) is 18.2 Å². The molecule has 1 rings (SSSR count). The van der Waals surface area contributed by atoms with Gasteiger partial charge in [0.2, 0.25) is 5.91 Å². The van der Waals surface area contributed by atoms with Gasteiger partial charge in [0.05, 0.1) is 0 Å². The van der Waals surface area contributed by atoms with Crippen molar-refractivity contribution in [3.63, 3.8) is 0 Å². The third kappa shape index (κ3) is 6.97. The predicted molar refractivity (Wildman–Crippen MR) is 79.8 cm³/mol. The Balaban J connectivity index is 2.14. The number of hydrogen-bond donors (Lipinski definition) is 2. The van der Waals surface area contributed by atoms with Crippen LogP contribution in [-0.4, -0.2) is 19.0 Å². The van der Waals surface area contributed by atoms with Crippen molar-refractivity contribution >= 4 is 5.91 Å². The molecule has 0 spiro atoms. The average Bonchev–Trinajstić information content (AvgIpc) is 2.44. The lowest BCUT2D eigenvalue weighted by Gasteiger charge is -2.13. The largest absolute Gasteiger partial charge is 0.356 e. The first-order chi connectivity index (χ1) is 9.26. The first kappa shape index (κ1) is 15.7. The fourth-order valence-corrected chi connectivity index (χ4v) is 2.20. The van der Waals surface area contributed by atoms with Gasteiger partial charge in [-0.3, -0.25) is 4.79 Å². The molecule has 0 fully saturated rings. The average molecular weight is 262 g/mol. The van der Waals surface area contributed by atoms with E-state index in [0.717, 1.165) is 32.2 Å². The van der Waals surface area contributed by atoms with Gasteiger partial charge in [-0.05, 0) is 37.3 Å². The van der Waals surface area contributed by atoms with Crippen molar-refractivity contribution < 1.29 is 4.79 Å². The second-order valence-electron chi connectivity index (χ2n) is 4.98. The van der Waals surface area contributed by atoms with Crippen LogP contribution in [0.1, 0.15) is 38.2 Å². The van der Waals surface area contributed by atoms with E-state index in [0.29, 0.717) is 18.9 Å². The molecule has 1 amide bonds. The summed E-state index contributed by atoms with van der Waals surface area (Å²) in [6.07, 6.45) is 4.59. The normalized spacial score (nSPS) is 12.1. The molecule has 1 aromatic carbocycles. The van der Waals surface area contributed by atoms with Gasteiger partial charge in [0.15, 0.2) is 0 Å². The second kappa shape index (κ2) is 9.56. The Kier molecular flexibility index (Phi) is 7.91. The van der Waals surface area contributed by atoms with E-state index in [9.17, 15) is 4.79 Å². The summed E-state index contributed by atoms with van der Waals surface area (Å²) < 4.78 is 0. The van der Waals surface area contributed by atoms with Crippen LogP contribution in [0.4, 0.5) is 0 Å². The number of amides is 1. The summed E-state index contributed by atoms with van der Waals surface area (Å²) in [6, 6.07) is 10.2. The van der Waals surface area contributed by atoms with Crippen LogP contribution in [-0.2, 0) is 11.2 Å². The van der Waals surface area contributed by atoms with E-state index in [1.54, 1.807) is 0 Å². The van der Waals surface area contributed by atoms with Gasteiger partial charge < -0.3 is 11.1 Å². The van der Waals surface area contributed by atoms with Gasteiger partial charge in [0, 0.05) is 13.0 Å². The van der Waals surface area contributed by atoms with Crippen molar-refractivity contribution in [1.82, 2.24) is 5.32 Å². The molecular formula is C16H26N2O. The lowest BCUT2D eigenvalue weighted by atomic mass is 9.96. The van der Waals surface area contributed by atoms with Crippen LogP contribution in [0.15, 0.2) is 30.3 Å². The molecule has 19 heavy (non-hydrogen) atoms. The van der Waals surface area contributed by atoms with E-state index in [1.165, 1.54) is 5.56 Å². The number of benzene rings is 1. The van der Waals surface area contributed by atoms with Crippen LogP contribution < -0.4 is 11.1 Å². The highest BCUT2D eigenvalue weighted by molar-refractivity contribution is 5.75. The van der Waals surface area contributed by atoms with Crippen molar-refractivity contribution in [2.75, 3.05) is 13.1 Å². The maximum Gasteiger partial charge on any atom is 0.220 e. The van der Waals surface area contributed by atoms with Crippen molar-refractivity contribution in [2.45, 2.75) is 39.0 Å². The van der Waals surface area contributed by atoms with Gasteiger partial charge in [0.1, 0.15) is 0 Å². The van der Waals surface area contributed by atoms with Gasteiger partial charge in [-0.25, -0.2) is 0 Å². The van der Waals surface area contributed by atoms with Gasteiger partial charge in [-0.2, -0.15) is 0 Å². The summed E-state index contributed by atoms with van der Waals surface area (Å²) in [5, 5.41) is 2.98. The number of carbonyl (C=O) groups excluding carboxylic acids is 1. The van der Waals surface area contributed by atoms with Crippen molar-refractivity contribution in [1.29, 1.82) is 0 Å². The maximum atomic E-state index is 11.7. The summed E-state index contributed by atoms with van der Waals surface area (Å²) in [4.78, 5) is 11.7. The molecule has 0 saturated carbocycles. The minimum atomic E-state index is 0.159. The molecule has 1 aromatic rings. The lowest BCUT2D eigenvalue weighted by Crippen LogP contribution is -2.26. The zero-order valence-electron chi connectivity index (χ0n) is 11.9. The number of nitrogens with one attached hydrogen (secondary N) is 1. The monoisotopic (exact) mass is 262 g/mol. The summed E-state index contributed by atoms with van der Waals surface area (Å²) in [5.74, 6) is 0.747. The Hall–Kier alpha value is -1.35. The van der Waals surface area contributed by atoms with Crippen LogP contribution in [0.5, 0.6) is 0 Å². The summed E-state index contributed by atoms with van der Waals surface area (Å²) in [5.41, 5.74) is 6.82. The third-order valence-corrected chi connectivity index (χ3v) is 3.51. The Morgan fingerprint density at radius 3 is 2.63 bits per heavy atom. The molecule has 0 aromatic heterocycles. The molecule has 3 nitrogen and oxygen atoms in total. The van der Waals surface area contributed by atoms with Gasteiger partial charge in [-0.15, -0.1) is 0 Å². The van der Waals surface area contributed by atoms with Crippen molar-refractivity contribution in [2.24, 2.45) is 11.7 Å². The van der Waals surface area contributed by atoms with Crippen molar-refractivity contribution in [3.05, 3.63) is 35.9 Å². The van der Waals surface area contributed by atoms with Crippen molar-refractivity contribution in [3.8, 4) is 0 Å². The van der Waals surface area contributed by atoms with Gasteiger partial charge >= 0.3 is 0 Å².